The van der Waals surface area contributed by atoms with E-state index in [1.807, 2.05) is 0 Å². The fourth-order valence-electron chi connectivity index (χ4n) is 2.02. The molecule has 2 rings (SSSR count). The minimum atomic E-state index is -2.94. The molecule has 1 unspecified atom stereocenters. The smallest absolute Gasteiger partial charge is 0.199 e. The number of methoxy groups -OCH3 is 1. The molecule has 1 fully saturated rings. The lowest BCUT2D eigenvalue weighted by atomic mass is 10.2. The van der Waals surface area contributed by atoms with Gasteiger partial charge in [-0.3, -0.25) is 0 Å². The molecule has 8 heteroatoms. The van der Waals surface area contributed by atoms with Gasteiger partial charge < -0.3 is 9.64 Å². The maximum atomic E-state index is 11.5. The third-order valence-corrected chi connectivity index (χ3v) is 5.06. The van der Waals surface area contributed by atoms with Gasteiger partial charge in [0.1, 0.15) is 6.33 Å². The van der Waals surface area contributed by atoms with Crippen LogP contribution in [0.15, 0.2) is 6.33 Å². The van der Waals surface area contributed by atoms with E-state index >= 15 is 0 Å². The van der Waals surface area contributed by atoms with Crippen LogP contribution < -0.4 is 9.64 Å². The zero-order chi connectivity index (χ0) is 13.3. The predicted molar refractivity (Wildman–Crippen MR) is 69.1 cm³/mol. The van der Waals surface area contributed by atoms with Crippen LogP contribution in [0.25, 0.3) is 0 Å². The topological polar surface area (TPSA) is 72.4 Å². The van der Waals surface area contributed by atoms with E-state index < -0.39 is 9.84 Å². The molecule has 6 nitrogen and oxygen atoms in total. The number of hydrogen-bond donors (Lipinski definition) is 0. The molecule has 1 saturated heterocycles. The van der Waals surface area contributed by atoms with E-state index in [0.717, 1.165) is 0 Å². The normalized spacial score (nSPS) is 21.8. The summed E-state index contributed by atoms with van der Waals surface area (Å²) >= 11 is 5.92. The maximum Gasteiger partial charge on any atom is 0.199 e. The Bertz CT molecular complexity index is 549. The second kappa shape index (κ2) is 4.89. The first-order chi connectivity index (χ1) is 8.44. The summed E-state index contributed by atoms with van der Waals surface area (Å²) in [4.78, 5) is 9.73. The van der Waals surface area contributed by atoms with Crippen LogP contribution in [0, 0.1) is 0 Å². The van der Waals surface area contributed by atoms with E-state index in [1.54, 1.807) is 11.9 Å². The molecule has 1 aromatic heterocycles. The van der Waals surface area contributed by atoms with E-state index in [1.165, 1.54) is 13.4 Å². The molecule has 100 valence electrons. The zero-order valence-electron chi connectivity index (χ0n) is 10.1. The number of halogens is 1. The minimum Gasteiger partial charge on any atom is -0.490 e. The van der Waals surface area contributed by atoms with Crippen molar-refractivity contribution in [2.45, 2.75) is 12.5 Å². The molecule has 1 atom stereocenters. The first-order valence-corrected chi connectivity index (χ1v) is 7.62. The first-order valence-electron chi connectivity index (χ1n) is 5.42. The highest BCUT2D eigenvalue weighted by Gasteiger charge is 2.32. The monoisotopic (exact) mass is 291 g/mol. The molecule has 0 bridgehead atoms. The summed E-state index contributed by atoms with van der Waals surface area (Å²) in [5.74, 6) is 1.22. The van der Waals surface area contributed by atoms with Crippen LogP contribution in [0.1, 0.15) is 6.42 Å². The molecule has 0 amide bonds. The van der Waals surface area contributed by atoms with Crippen LogP contribution in [0.3, 0.4) is 0 Å². The summed E-state index contributed by atoms with van der Waals surface area (Å²) in [6.07, 6.45) is 1.92. The third kappa shape index (κ3) is 2.51. The van der Waals surface area contributed by atoms with Crippen molar-refractivity contribution in [3.05, 3.63) is 11.5 Å². The van der Waals surface area contributed by atoms with Crippen molar-refractivity contribution in [3.8, 4) is 5.75 Å². The van der Waals surface area contributed by atoms with Crippen LogP contribution in [0.5, 0.6) is 5.75 Å². The first kappa shape index (κ1) is 13.4. The lowest BCUT2D eigenvalue weighted by Crippen LogP contribution is -2.33. The average molecular weight is 292 g/mol. The van der Waals surface area contributed by atoms with Gasteiger partial charge in [0, 0.05) is 13.1 Å². The summed E-state index contributed by atoms with van der Waals surface area (Å²) in [5, 5.41) is 0.218. The van der Waals surface area contributed by atoms with E-state index in [2.05, 4.69) is 9.97 Å². The van der Waals surface area contributed by atoms with Crippen molar-refractivity contribution in [2.24, 2.45) is 0 Å². The van der Waals surface area contributed by atoms with Gasteiger partial charge >= 0.3 is 0 Å². The highest BCUT2D eigenvalue weighted by molar-refractivity contribution is 7.91. The number of nitrogens with zero attached hydrogens (tertiary/aromatic N) is 3. The highest BCUT2D eigenvalue weighted by Crippen LogP contribution is 2.33. The van der Waals surface area contributed by atoms with Crippen molar-refractivity contribution in [3.63, 3.8) is 0 Å². The molecular formula is C10H14ClN3O3S. The summed E-state index contributed by atoms with van der Waals surface area (Å²) < 4.78 is 28.1. The van der Waals surface area contributed by atoms with E-state index in [9.17, 15) is 8.42 Å². The fourth-order valence-corrected chi connectivity index (χ4v) is 4.00. The van der Waals surface area contributed by atoms with E-state index in [-0.39, 0.29) is 22.7 Å². The Hall–Kier alpha value is -1.08. The van der Waals surface area contributed by atoms with E-state index in [0.29, 0.717) is 18.0 Å². The molecule has 0 aliphatic carbocycles. The average Bonchev–Trinajstić information content (AvgIpc) is 2.68. The van der Waals surface area contributed by atoms with Gasteiger partial charge in [-0.2, -0.15) is 0 Å². The molecule has 1 aromatic rings. The lowest BCUT2D eigenvalue weighted by Gasteiger charge is -2.25. The Labute approximate surface area is 111 Å². The van der Waals surface area contributed by atoms with Crippen molar-refractivity contribution in [1.29, 1.82) is 0 Å². The Kier molecular flexibility index (Phi) is 3.63. The number of hydrogen-bond acceptors (Lipinski definition) is 6. The number of rotatable bonds is 3. The standard InChI is InChI=1S/C10H14ClN3O3S/c1-14(7-3-4-18(15,16)5-7)10-8(17-2)9(11)12-6-13-10/h6-7H,3-5H2,1-2H3. The molecule has 0 radical (unpaired) electrons. The number of aromatic nitrogens is 2. The summed E-state index contributed by atoms with van der Waals surface area (Å²) in [7, 11) is 0.327. The van der Waals surface area contributed by atoms with Crippen LogP contribution >= 0.6 is 11.6 Å². The zero-order valence-corrected chi connectivity index (χ0v) is 11.7. The largest absolute Gasteiger partial charge is 0.490 e. The molecule has 0 saturated carbocycles. The lowest BCUT2D eigenvalue weighted by molar-refractivity contribution is 0.410. The van der Waals surface area contributed by atoms with Gasteiger partial charge in [-0.05, 0) is 6.42 Å². The van der Waals surface area contributed by atoms with Crippen LogP contribution in [0.2, 0.25) is 5.15 Å². The van der Waals surface area contributed by atoms with Gasteiger partial charge in [0.2, 0.25) is 0 Å². The van der Waals surface area contributed by atoms with Crippen molar-refractivity contribution >= 4 is 27.3 Å². The highest BCUT2D eigenvalue weighted by atomic mass is 35.5. The molecule has 0 spiro atoms. The number of ether oxygens (including phenoxy) is 1. The van der Waals surface area contributed by atoms with Gasteiger partial charge in [0.25, 0.3) is 0 Å². The molecule has 1 aliphatic heterocycles. The Balaban J connectivity index is 2.29. The van der Waals surface area contributed by atoms with Crippen molar-refractivity contribution in [1.82, 2.24) is 9.97 Å². The summed E-state index contributed by atoms with van der Waals surface area (Å²) in [6.45, 7) is 0. The fraction of sp³-hybridized carbons (Fsp3) is 0.600. The van der Waals surface area contributed by atoms with Gasteiger partial charge in [-0.1, -0.05) is 11.6 Å². The quantitative estimate of drug-likeness (QED) is 0.766. The van der Waals surface area contributed by atoms with Gasteiger partial charge in [-0.25, -0.2) is 18.4 Å². The second-order valence-corrected chi connectivity index (χ2v) is 6.78. The van der Waals surface area contributed by atoms with Crippen LogP contribution in [-0.2, 0) is 9.84 Å². The summed E-state index contributed by atoms with van der Waals surface area (Å²) in [6, 6.07) is -0.102. The predicted octanol–water partition coefficient (Wildman–Crippen LogP) is 0.762. The maximum absolute atomic E-state index is 11.5. The van der Waals surface area contributed by atoms with Gasteiger partial charge in [0.05, 0.1) is 18.6 Å². The molecule has 0 N–H and O–H groups in total. The van der Waals surface area contributed by atoms with Crippen LogP contribution in [0.4, 0.5) is 5.82 Å². The van der Waals surface area contributed by atoms with Crippen LogP contribution in [-0.4, -0.2) is 50.1 Å². The number of sulfone groups is 1. The second-order valence-electron chi connectivity index (χ2n) is 4.19. The molecule has 18 heavy (non-hydrogen) atoms. The Morgan fingerprint density at radius 2 is 2.22 bits per heavy atom. The summed E-state index contributed by atoms with van der Waals surface area (Å²) in [5.41, 5.74) is 0. The Morgan fingerprint density at radius 3 is 2.78 bits per heavy atom. The molecule has 2 heterocycles. The van der Waals surface area contributed by atoms with Gasteiger partial charge in [-0.15, -0.1) is 0 Å². The van der Waals surface area contributed by atoms with Crippen molar-refractivity contribution in [2.75, 3.05) is 30.6 Å². The Morgan fingerprint density at radius 1 is 1.50 bits per heavy atom. The molecular weight excluding hydrogens is 278 g/mol. The minimum absolute atomic E-state index is 0.102. The third-order valence-electron chi connectivity index (χ3n) is 3.04. The molecule has 0 aromatic carbocycles. The van der Waals surface area contributed by atoms with E-state index in [4.69, 9.17) is 16.3 Å². The van der Waals surface area contributed by atoms with Gasteiger partial charge in [0.15, 0.2) is 26.6 Å². The SMILES string of the molecule is COc1c(Cl)ncnc1N(C)C1CCS(=O)(=O)C1. The molecule has 1 aliphatic rings. The number of anilines is 1. The van der Waals surface area contributed by atoms with Crippen molar-refractivity contribution < 1.29 is 13.2 Å².